The van der Waals surface area contributed by atoms with E-state index < -0.39 is 12.0 Å². The summed E-state index contributed by atoms with van der Waals surface area (Å²) in [5.74, 6) is -0.754. The summed E-state index contributed by atoms with van der Waals surface area (Å²) in [6.07, 6.45) is 1.29. The SMILES string of the molecule is CC(C)C(NCC(C)(C)CCC#N)C(=O)O. The Morgan fingerprint density at radius 2 is 2.06 bits per heavy atom. The molecule has 0 fully saturated rings. The molecule has 0 saturated heterocycles. The van der Waals surface area contributed by atoms with E-state index in [1.165, 1.54) is 0 Å². The summed E-state index contributed by atoms with van der Waals surface area (Å²) in [6.45, 7) is 8.46. The molecule has 0 saturated carbocycles. The Labute approximate surface area is 97.7 Å². The van der Waals surface area contributed by atoms with E-state index in [0.29, 0.717) is 13.0 Å². The van der Waals surface area contributed by atoms with Gasteiger partial charge in [-0.05, 0) is 17.8 Å². The number of hydrogen-bond donors (Lipinski definition) is 2. The van der Waals surface area contributed by atoms with Gasteiger partial charge in [-0.1, -0.05) is 27.7 Å². The van der Waals surface area contributed by atoms with Gasteiger partial charge in [-0.3, -0.25) is 4.79 Å². The van der Waals surface area contributed by atoms with E-state index in [4.69, 9.17) is 10.4 Å². The average Bonchev–Trinajstić information content (AvgIpc) is 2.13. The second kappa shape index (κ2) is 6.49. The largest absolute Gasteiger partial charge is 0.480 e. The van der Waals surface area contributed by atoms with Crippen molar-refractivity contribution in [3.05, 3.63) is 0 Å². The van der Waals surface area contributed by atoms with Crippen LogP contribution < -0.4 is 5.32 Å². The fraction of sp³-hybridized carbons (Fsp3) is 0.833. The van der Waals surface area contributed by atoms with Crippen LogP contribution in [-0.2, 0) is 4.79 Å². The molecule has 2 N–H and O–H groups in total. The van der Waals surface area contributed by atoms with Gasteiger partial charge in [-0.25, -0.2) is 0 Å². The molecule has 1 atom stereocenters. The molecular formula is C12H22N2O2. The lowest BCUT2D eigenvalue weighted by Crippen LogP contribution is -2.45. The lowest BCUT2D eigenvalue weighted by Gasteiger charge is -2.27. The molecule has 4 nitrogen and oxygen atoms in total. The van der Waals surface area contributed by atoms with Crippen LogP contribution in [0.2, 0.25) is 0 Å². The maximum Gasteiger partial charge on any atom is 0.320 e. The molecule has 0 aliphatic carbocycles. The zero-order valence-corrected chi connectivity index (χ0v) is 10.6. The van der Waals surface area contributed by atoms with Crippen LogP contribution in [0.4, 0.5) is 0 Å². The highest BCUT2D eigenvalue weighted by Gasteiger charge is 2.24. The van der Waals surface area contributed by atoms with Crippen molar-refractivity contribution in [1.82, 2.24) is 5.32 Å². The molecule has 0 heterocycles. The molecule has 0 aromatic carbocycles. The van der Waals surface area contributed by atoms with Crippen LogP contribution in [0.15, 0.2) is 0 Å². The van der Waals surface area contributed by atoms with Gasteiger partial charge in [0.25, 0.3) is 0 Å². The molecule has 0 bridgehead atoms. The van der Waals surface area contributed by atoms with Gasteiger partial charge in [-0.15, -0.1) is 0 Å². The summed E-state index contributed by atoms with van der Waals surface area (Å²) >= 11 is 0. The molecular weight excluding hydrogens is 204 g/mol. The molecule has 0 aromatic heterocycles. The second-order valence-corrected chi connectivity index (χ2v) is 5.26. The lowest BCUT2D eigenvalue weighted by molar-refractivity contribution is -0.140. The van der Waals surface area contributed by atoms with Crippen LogP contribution in [0.25, 0.3) is 0 Å². The molecule has 0 aliphatic rings. The van der Waals surface area contributed by atoms with Crippen molar-refractivity contribution in [1.29, 1.82) is 5.26 Å². The first-order chi connectivity index (χ1) is 7.30. The molecule has 0 aromatic rings. The van der Waals surface area contributed by atoms with Crippen LogP contribution in [0.3, 0.4) is 0 Å². The highest BCUT2D eigenvalue weighted by molar-refractivity contribution is 5.73. The standard InChI is InChI=1S/C12H22N2O2/c1-9(2)10(11(15)16)14-8-12(3,4)6-5-7-13/h9-10,14H,5-6,8H2,1-4H3,(H,15,16). The van der Waals surface area contributed by atoms with Crippen molar-refractivity contribution in [2.24, 2.45) is 11.3 Å². The van der Waals surface area contributed by atoms with Crippen LogP contribution in [0.5, 0.6) is 0 Å². The minimum atomic E-state index is -0.814. The number of aliphatic carboxylic acids is 1. The number of rotatable bonds is 7. The predicted octanol–water partition coefficient (Wildman–Crippen LogP) is 2.02. The molecule has 4 heteroatoms. The summed E-state index contributed by atoms with van der Waals surface area (Å²) in [5.41, 5.74) is -0.0433. The van der Waals surface area contributed by atoms with E-state index in [1.54, 1.807) is 0 Å². The molecule has 1 unspecified atom stereocenters. The first-order valence-electron chi connectivity index (χ1n) is 5.63. The summed E-state index contributed by atoms with van der Waals surface area (Å²) in [6, 6.07) is 1.60. The number of nitrogens with one attached hydrogen (secondary N) is 1. The highest BCUT2D eigenvalue weighted by atomic mass is 16.4. The van der Waals surface area contributed by atoms with Crippen molar-refractivity contribution < 1.29 is 9.90 Å². The van der Waals surface area contributed by atoms with Crippen LogP contribution >= 0.6 is 0 Å². The molecule has 0 aliphatic heterocycles. The number of carbonyl (C=O) groups is 1. The van der Waals surface area contributed by atoms with E-state index in [0.717, 1.165) is 6.42 Å². The Morgan fingerprint density at radius 1 is 1.50 bits per heavy atom. The van der Waals surface area contributed by atoms with E-state index in [9.17, 15) is 4.79 Å². The van der Waals surface area contributed by atoms with E-state index in [-0.39, 0.29) is 11.3 Å². The average molecular weight is 226 g/mol. The van der Waals surface area contributed by atoms with Gasteiger partial charge in [0, 0.05) is 13.0 Å². The van der Waals surface area contributed by atoms with E-state index in [2.05, 4.69) is 11.4 Å². The minimum Gasteiger partial charge on any atom is -0.480 e. The number of nitriles is 1. The van der Waals surface area contributed by atoms with Gasteiger partial charge in [0.15, 0.2) is 0 Å². The first kappa shape index (κ1) is 14.9. The van der Waals surface area contributed by atoms with E-state index >= 15 is 0 Å². The molecule has 0 rings (SSSR count). The summed E-state index contributed by atoms with van der Waals surface area (Å²) < 4.78 is 0. The fourth-order valence-corrected chi connectivity index (χ4v) is 1.48. The number of hydrogen-bond acceptors (Lipinski definition) is 3. The van der Waals surface area contributed by atoms with Gasteiger partial charge in [-0.2, -0.15) is 5.26 Å². The minimum absolute atomic E-state index is 0.0433. The van der Waals surface area contributed by atoms with Gasteiger partial charge >= 0.3 is 5.97 Å². The predicted molar refractivity (Wildman–Crippen MR) is 62.9 cm³/mol. The summed E-state index contributed by atoms with van der Waals surface area (Å²) in [4.78, 5) is 11.0. The lowest BCUT2D eigenvalue weighted by atomic mass is 9.87. The third-order valence-corrected chi connectivity index (χ3v) is 2.65. The molecule has 16 heavy (non-hydrogen) atoms. The quantitative estimate of drug-likeness (QED) is 0.696. The second-order valence-electron chi connectivity index (χ2n) is 5.26. The Hall–Kier alpha value is -1.08. The molecule has 92 valence electrons. The maximum atomic E-state index is 11.0. The van der Waals surface area contributed by atoms with Gasteiger partial charge < -0.3 is 10.4 Å². The van der Waals surface area contributed by atoms with Crippen molar-refractivity contribution >= 4 is 5.97 Å². The topological polar surface area (TPSA) is 73.1 Å². The summed E-state index contributed by atoms with van der Waals surface area (Å²) in [7, 11) is 0. The highest BCUT2D eigenvalue weighted by Crippen LogP contribution is 2.21. The Kier molecular flexibility index (Phi) is 6.05. The number of nitrogens with zero attached hydrogens (tertiary/aromatic N) is 1. The molecule has 0 spiro atoms. The van der Waals surface area contributed by atoms with Crippen LogP contribution in [-0.4, -0.2) is 23.7 Å². The Bertz CT molecular complexity index is 267. The van der Waals surface area contributed by atoms with Crippen molar-refractivity contribution in [3.63, 3.8) is 0 Å². The zero-order chi connectivity index (χ0) is 12.8. The van der Waals surface area contributed by atoms with Gasteiger partial charge in [0.2, 0.25) is 0 Å². The molecule has 0 amide bonds. The molecule has 0 radical (unpaired) electrons. The van der Waals surface area contributed by atoms with E-state index in [1.807, 2.05) is 27.7 Å². The number of carboxylic acid groups (broad SMARTS) is 1. The fourth-order valence-electron chi connectivity index (χ4n) is 1.48. The Morgan fingerprint density at radius 3 is 2.44 bits per heavy atom. The zero-order valence-electron chi connectivity index (χ0n) is 10.6. The van der Waals surface area contributed by atoms with Crippen molar-refractivity contribution in [2.45, 2.75) is 46.6 Å². The third-order valence-electron chi connectivity index (χ3n) is 2.65. The van der Waals surface area contributed by atoms with Crippen LogP contribution in [0.1, 0.15) is 40.5 Å². The van der Waals surface area contributed by atoms with Crippen molar-refractivity contribution in [3.8, 4) is 6.07 Å². The van der Waals surface area contributed by atoms with Gasteiger partial charge in [0.05, 0.1) is 6.07 Å². The van der Waals surface area contributed by atoms with Crippen LogP contribution in [0, 0.1) is 22.7 Å². The normalized spacial score (nSPS) is 13.5. The maximum absolute atomic E-state index is 11.0. The monoisotopic (exact) mass is 226 g/mol. The van der Waals surface area contributed by atoms with Gasteiger partial charge in [0.1, 0.15) is 6.04 Å². The van der Waals surface area contributed by atoms with Crippen molar-refractivity contribution in [2.75, 3.05) is 6.54 Å². The third kappa shape index (κ3) is 5.72. The Balaban J connectivity index is 4.20. The number of carboxylic acids is 1. The summed E-state index contributed by atoms with van der Waals surface area (Å²) in [5, 5.41) is 20.6. The smallest absolute Gasteiger partial charge is 0.320 e. The first-order valence-corrected chi connectivity index (χ1v) is 5.63.